The third kappa shape index (κ3) is 2.82. The molecule has 2 heterocycles. The van der Waals surface area contributed by atoms with Gasteiger partial charge in [0.1, 0.15) is 5.82 Å². The van der Waals surface area contributed by atoms with Gasteiger partial charge in [0.25, 0.3) is 0 Å². The summed E-state index contributed by atoms with van der Waals surface area (Å²) in [6.07, 6.45) is 7.32. The predicted molar refractivity (Wildman–Crippen MR) is 67.2 cm³/mol. The van der Waals surface area contributed by atoms with Crippen LogP contribution in [0.2, 0.25) is 0 Å². The molecule has 0 aliphatic carbocycles. The Balaban J connectivity index is 1.97. The van der Waals surface area contributed by atoms with Gasteiger partial charge in [-0.2, -0.15) is 0 Å². The molecule has 16 heavy (non-hydrogen) atoms. The molecule has 1 N–H and O–H groups in total. The van der Waals surface area contributed by atoms with Crippen LogP contribution in [0.1, 0.15) is 6.92 Å². The first-order valence-electron chi connectivity index (χ1n) is 5.08. The lowest BCUT2D eigenvalue weighted by Gasteiger charge is -2.15. The molecular formula is C11H13BrN4. The molecule has 0 radical (unpaired) electrons. The van der Waals surface area contributed by atoms with E-state index in [1.54, 1.807) is 12.4 Å². The summed E-state index contributed by atoms with van der Waals surface area (Å²) in [6, 6.07) is 4.16. The quantitative estimate of drug-likeness (QED) is 0.936. The van der Waals surface area contributed by atoms with Crippen molar-refractivity contribution in [1.29, 1.82) is 0 Å². The van der Waals surface area contributed by atoms with E-state index in [2.05, 4.69) is 38.1 Å². The molecule has 1 unspecified atom stereocenters. The lowest BCUT2D eigenvalue weighted by atomic mass is 10.3. The van der Waals surface area contributed by atoms with Gasteiger partial charge in [-0.3, -0.25) is 0 Å². The first-order valence-corrected chi connectivity index (χ1v) is 5.88. The van der Waals surface area contributed by atoms with Crippen LogP contribution in [0.3, 0.4) is 0 Å². The van der Waals surface area contributed by atoms with Crippen LogP contribution in [0.15, 0.2) is 41.5 Å². The molecular weight excluding hydrogens is 268 g/mol. The van der Waals surface area contributed by atoms with Crippen LogP contribution in [0.4, 0.5) is 5.82 Å². The number of imidazole rings is 1. The van der Waals surface area contributed by atoms with Crippen molar-refractivity contribution in [3.05, 3.63) is 41.5 Å². The van der Waals surface area contributed by atoms with Gasteiger partial charge in [-0.05, 0) is 35.0 Å². The van der Waals surface area contributed by atoms with Crippen molar-refractivity contribution in [3.63, 3.8) is 0 Å². The Kier molecular flexibility index (Phi) is 3.56. The minimum atomic E-state index is 0.292. The summed E-state index contributed by atoms with van der Waals surface area (Å²) in [5, 5.41) is 3.34. The Morgan fingerprint density at radius 2 is 2.38 bits per heavy atom. The second-order valence-corrected chi connectivity index (χ2v) is 4.49. The first-order chi connectivity index (χ1) is 7.75. The maximum Gasteiger partial charge on any atom is 0.140 e. The van der Waals surface area contributed by atoms with Crippen LogP contribution < -0.4 is 5.32 Å². The van der Waals surface area contributed by atoms with Crippen LogP contribution in [0.25, 0.3) is 0 Å². The highest BCUT2D eigenvalue weighted by atomic mass is 79.9. The summed E-state index contributed by atoms with van der Waals surface area (Å²) >= 11 is 3.46. The molecule has 2 aromatic rings. The minimum Gasteiger partial charge on any atom is -0.365 e. The van der Waals surface area contributed by atoms with Gasteiger partial charge in [0.15, 0.2) is 0 Å². The summed E-state index contributed by atoms with van der Waals surface area (Å²) < 4.78 is 3.02. The number of nitrogens with one attached hydrogen (secondary N) is 1. The summed E-state index contributed by atoms with van der Waals surface area (Å²) in [5.74, 6) is 0.870. The summed E-state index contributed by atoms with van der Waals surface area (Å²) in [7, 11) is 0. The van der Waals surface area contributed by atoms with Crippen LogP contribution >= 0.6 is 15.9 Å². The zero-order valence-electron chi connectivity index (χ0n) is 8.97. The number of hydrogen-bond acceptors (Lipinski definition) is 3. The van der Waals surface area contributed by atoms with E-state index in [1.165, 1.54) is 0 Å². The van der Waals surface area contributed by atoms with Crippen molar-refractivity contribution < 1.29 is 0 Å². The number of halogens is 1. The summed E-state index contributed by atoms with van der Waals surface area (Å²) in [5.41, 5.74) is 0. The first kappa shape index (κ1) is 11.1. The largest absolute Gasteiger partial charge is 0.365 e. The maximum absolute atomic E-state index is 4.26. The van der Waals surface area contributed by atoms with Gasteiger partial charge in [-0.25, -0.2) is 9.97 Å². The molecule has 0 aliphatic rings. The van der Waals surface area contributed by atoms with Gasteiger partial charge in [0.2, 0.25) is 0 Å². The van der Waals surface area contributed by atoms with Crippen LogP contribution in [-0.2, 0) is 6.54 Å². The molecule has 0 spiro atoms. The van der Waals surface area contributed by atoms with E-state index in [-0.39, 0.29) is 0 Å². The van der Waals surface area contributed by atoms with Crippen molar-refractivity contribution in [2.45, 2.75) is 19.5 Å². The Bertz CT molecular complexity index is 441. The molecule has 4 nitrogen and oxygen atoms in total. The molecule has 0 aromatic carbocycles. The number of pyridine rings is 1. The minimum absolute atomic E-state index is 0.292. The Morgan fingerprint density at radius 1 is 1.50 bits per heavy atom. The van der Waals surface area contributed by atoms with Gasteiger partial charge in [-0.1, -0.05) is 0 Å². The van der Waals surface area contributed by atoms with Crippen molar-refractivity contribution in [1.82, 2.24) is 14.5 Å². The lowest BCUT2D eigenvalue weighted by molar-refractivity contribution is 0.617. The smallest absolute Gasteiger partial charge is 0.140 e. The van der Waals surface area contributed by atoms with Crippen LogP contribution in [0.5, 0.6) is 0 Å². The highest BCUT2D eigenvalue weighted by Gasteiger charge is 2.05. The molecule has 5 heteroatoms. The topological polar surface area (TPSA) is 42.7 Å². The van der Waals surface area contributed by atoms with E-state index in [0.717, 1.165) is 16.8 Å². The van der Waals surface area contributed by atoms with E-state index >= 15 is 0 Å². The summed E-state index contributed by atoms with van der Waals surface area (Å²) in [6.45, 7) is 2.98. The molecule has 0 bridgehead atoms. The monoisotopic (exact) mass is 280 g/mol. The number of aromatic nitrogens is 3. The zero-order valence-corrected chi connectivity index (χ0v) is 10.6. The lowest BCUT2D eigenvalue weighted by Crippen LogP contribution is -2.22. The van der Waals surface area contributed by atoms with Crippen LogP contribution in [0, 0.1) is 0 Å². The van der Waals surface area contributed by atoms with Gasteiger partial charge < -0.3 is 9.88 Å². The Hall–Kier alpha value is -1.36. The van der Waals surface area contributed by atoms with E-state index in [1.807, 2.05) is 29.2 Å². The number of anilines is 1. The maximum atomic E-state index is 4.26. The normalized spacial score (nSPS) is 12.4. The average Bonchev–Trinajstić information content (AvgIpc) is 2.74. The molecule has 0 fully saturated rings. The number of hydrogen-bond donors (Lipinski definition) is 1. The fourth-order valence-electron chi connectivity index (χ4n) is 1.48. The van der Waals surface area contributed by atoms with Gasteiger partial charge in [0.05, 0.1) is 10.8 Å². The molecule has 0 amide bonds. The SMILES string of the molecule is CC(Cn1ccnc1)Nc1ncccc1Br. The van der Waals surface area contributed by atoms with Crippen molar-refractivity contribution >= 4 is 21.7 Å². The molecule has 2 rings (SSSR count). The fraction of sp³-hybridized carbons (Fsp3) is 0.273. The molecule has 0 aliphatic heterocycles. The van der Waals surface area contributed by atoms with E-state index < -0.39 is 0 Å². The van der Waals surface area contributed by atoms with Crippen molar-refractivity contribution in [2.75, 3.05) is 5.32 Å². The zero-order chi connectivity index (χ0) is 11.4. The number of nitrogens with zero attached hydrogens (tertiary/aromatic N) is 3. The summed E-state index contributed by atoms with van der Waals surface area (Å²) in [4.78, 5) is 8.27. The van der Waals surface area contributed by atoms with E-state index in [9.17, 15) is 0 Å². The van der Waals surface area contributed by atoms with E-state index in [4.69, 9.17) is 0 Å². The van der Waals surface area contributed by atoms with Crippen molar-refractivity contribution in [3.8, 4) is 0 Å². The molecule has 1 atom stereocenters. The second-order valence-electron chi connectivity index (χ2n) is 3.64. The highest BCUT2D eigenvalue weighted by molar-refractivity contribution is 9.10. The molecule has 84 valence electrons. The predicted octanol–water partition coefficient (Wildman–Crippen LogP) is 2.54. The van der Waals surface area contributed by atoms with Crippen LogP contribution in [-0.4, -0.2) is 20.6 Å². The van der Waals surface area contributed by atoms with Gasteiger partial charge in [-0.15, -0.1) is 0 Å². The third-order valence-electron chi connectivity index (χ3n) is 2.19. The number of rotatable bonds is 4. The molecule has 0 saturated heterocycles. The highest BCUT2D eigenvalue weighted by Crippen LogP contribution is 2.19. The fourth-order valence-corrected chi connectivity index (χ4v) is 1.85. The third-order valence-corrected chi connectivity index (χ3v) is 2.83. The Labute approximate surface area is 103 Å². The second kappa shape index (κ2) is 5.12. The molecule has 0 saturated carbocycles. The standard InChI is InChI=1S/C11H13BrN4/c1-9(7-16-6-5-13-8-16)15-11-10(12)3-2-4-14-11/h2-6,8-9H,7H2,1H3,(H,14,15). The van der Waals surface area contributed by atoms with Gasteiger partial charge >= 0.3 is 0 Å². The van der Waals surface area contributed by atoms with E-state index in [0.29, 0.717) is 6.04 Å². The van der Waals surface area contributed by atoms with Gasteiger partial charge in [0, 0.05) is 31.2 Å². The Morgan fingerprint density at radius 3 is 3.06 bits per heavy atom. The molecule has 2 aromatic heterocycles. The average molecular weight is 281 g/mol. The van der Waals surface area contributed by atoms with Crippen molar-refractivity contribution in [2.24, 2.45) is 0 Å².